The van der Waals surface area contributed by atoms with Gasteiger partial charge in [0.1, 0.15) is 17.2 Å². The lowest BCUT2D eigenvalue weighted by atomic mass is 9.98. The average Bonchev–Trinajstić information content (AvgIpc) is 3.07. The summed E-state index contributed by atoms with van der Waals surface area (Å²) in [5, 5.41) is 10.1. The van der Waals surface area contributed by atoms with Crippen LogP contribution in [0.5, 0.6) is 11.5 Å². The summed E-state index contributed by atoms with van der Waals surface area (Å²) in [7, 11) is 1.40. The van der Waals surface area contributed by atoms with Gasteiger partial charge in [-0.05, 0) is 55.0 Å². The van der Waals surface area contributed by atoms with Crippen LogP contribution in [0.15, 0.2) is 63.8 Å². The smallest absolute Gasteiger partial charge is 0.296 e. The molecule has 1 atom stereocenters. The molecule has 2 aromatic heterocycles. The van der Waals surface area contributed by atoms with E-state index in [-0.39, 0.29) is 33.8 Å². The highest BCUT2D eigenvalue weighted by atomic mass is 19.1. The van der Waals surface area contributed by atoms with Crippen LogP contribution in [0.4, 0.5) is 10.2 Å². The number of amides is 1. The molecule has 7 nitrogen and oxygen atoms in total. The molecule has 4 aromatic rings. The van der Waals surface area contributed by atoms with Gasteiger partial charge in [-0.25, -0.2) is 9.37 Å². The lowest BCUT2D eigenvalue weighted by Crippen LogP contribution is -2.30. The van der Waals surface area contributed by atoms with Crippen LogP contribution in [-0.2, 0) is 0 Å². The number of aromatic hydroxyl groups is 1. The molecule has 1 unspecified atom stereocenters. The summed E-state index contributed by atoms with van der Waals surface area (Å²) in [5.41, 5.74) is 0.855. The molecule has 5 rings (SSSR count). The van der Waals surface area contributed by atoms with Crippen molar-refractivity contribution >= 4 is 22.7 Å². The highest BCUT2D eigenvalue weighted by Crippen LogP contribution is 2.42. The first-order chi connectivity index (χ1) is 15.4. The molecule has 1 amide bonds. The second-order valence-electron chi connectivity index (χ2n) is 7.46. The summed E-state index contributed by atoms with van der Waals surface area (Å²) >= 11 is 0. The van der Waals surface area contributed by atoms with Crippen LogP contribution in [0.25, 0.3) is 11.0 Å². The number of phenolic OH excluding ortho intramolecular Hbond substituents is 1. The number of anilines is 1. The Balaban J connectivity index is 1.83. The molecule has 1 aliphatic heterocycles. The highest BCUT2D eigenvalue weighted by Gasteiger charge is 2.44. The summed E-state index contributed by atoms with van der Waals surface area (Å²) in [6, 6.07) is 12.4. The molecule has 0 fully saturated rings. The van der Waals surface area contributed by atoms with Crippen LogP contribution in [0.1, 0.15) is 33.4 Å². The Morgan fingerprint density at radius 1 is 1.12 bits per heavy atom. The van der Waals surface area contributed by atoms with E-state index in [1.165, 1.54) is 30.2 Å². The predicted octanol–water partition coefficient (Wildman–Crippen LogP) is 4.10. The van der Waals surface area contributed by atoms with Crippen LogP contribution in [0, 0.1) is 12.7 Å². The fourth-order valence-corrected chi connectivity index (χ4v) is 4.02. The SMILES string of the molecule is COc1cc(C2c3c(oc4ccc(F)cc4c3=O)C(=O)N2c2cccc(C)n2)ccc1O. The number of phenols is 1. The summed E-state index contributed by atoms with van der Waals surface area (Å²) < 4.78 is 24.9. The maximum atomic E-state index is 13.9. The Hall–Kier alpha value is -4.20. The van der Waals surface area contributed by atoms with Crippen molar-refractivity contribution in [3.63, 3.8) is 0 Å². The molecule has 160 valence electrons. The van der Waals surface area contributed by atoms with Gasteiger partial charge >= 0.3 is 0 Å². The Kier molecular flexibility index (Phi) is 4.44. The largest absolute Gasteiger partial charge is 0.504 e. The molecular formula is C24H17FN2O5. The van der Waals surface area contributed by atoms with E-state index in [0.717, 1.165) is 6.07 Å². The van der Waals surface area contributed by atoms with E-state index in [1.807, 2.05) is 0 Å². The van der Waals surface area contributed by atoms with Crippen molar-refractivity contribution in [1.82, 2.24) is 4.98 Å². The van der Waals surface area contributed by atoms with E-state index in [9.17, 15) is 19.1 Å². The molecule has 1 N–H and O–H groups in total. The third-order valence-electron chi connectivity index (χ3n) is 5.47. The second kappa shape index (κ2) is 7.19. The average molecular weight is 432 g/mol. The number of ether oxygens (including phenoxy) is 1. The van der Waals surface area contributed by atoms with E-state index < -0.39 is 23.2 Å². The maximum absolute atomic E-state index is 13.9. The predicted molar refractivity (Wildman–Crippen MR) is 115 cm³/mol. The van der Waals surface area contributed by atoms with Crippen molar-refractivity contribution < 1.29 is 23.4 Å². The Bertz CT molecular complexity index is 1460. The van der Waals surface area contributed by atoms with E-state index in [4.69, 9.17) is 9.15 Å². The third kappa shape index (κ3) is 2.91. The van der Waals surface area contributed by atoms with Crippen LogP contribution in [0.3, 0.4) is 0 Å². The van der Waals surface area contributed by atoms with Gasteiger partial charge in [-0.15, -0.1) is 0 Å². The van der Waals surface area contributed by atoms with Gasteiger partial charge in [0, 0.05) is 5.69 Å². The number of halogens is 1. The number of carbonyl (C=O) groups excluding carboxylic acids is 1. The topological polar surface area (TPSA) is 92.9 Å². The molecule has 8 heteroatoms. The summed E-state index contributed by atoms with van der Waals surface area (Å²) in [5.74, 6) is -0.847. The maximum Gasteiger partial charge on any atom is 0.296 e. The molecule has 2 aromatic carbocycles. The number of aromatic nitrogens is 1. The van der Waals surface area contributed by atoms with Crippen LogP contribution in [0.2, 0.25) is 0 Å². The monoisotopic (exact) mass is 432 g/mol. The third-order valence-corrected chi connectivity index (χ3v) is 5.47. The first-order valence-corrected chi connectivity index (χ1v) is 9.79. The van der Waals surface area contributed by atoms with Gasteiger partial charge in [0.2, 0.25) is 5.76 Å². The molecule has 3 heterocycles. The van der Waals surface area contributed by atoms with Gasteiger partial charge in [-0.3, -0.25) is 14.5 Å². The van der Waals surface area contributed by atoms with Crippen molar-refractivity contribution in [2.24, 2.45) is 0 Å². The minimum Gasteiger partial charge on any atom is -0.504 e. The minimum atomic E-state index is -0.912. The number of hydrogen-bond donors (Lipinski definition) is 1. The fourth-order valence-electron chi connectivity index (χ4n) is 4.02. The van der Waals surface area contributed by atoms with Crippen LogP contribution < -0.4 is 15.1 Å². The number of fused-ring (bicyclic) bond motifs is 2. The normalized spacial score (nSPS) is 15.3. The lowest BCUT2D eigenvalue weighted by Gasteiger charge is -2.24. The highest BCUT2D eigenvalue weighted by molar-refractivity contribution is 6.10. The molecule has 0 saturated heterocycles. The number of pyridine rings is 1. The first-order valence-electron chi connectivity index (χ1n) is 9.79. The number of rotatable bonds is 3. The standard InChI is InChI=1S/C24H17FN2O5/c1-12-4-3-5-19(26-12)27-21(13-6-8-16(28)18(10-13)31-2)20-22(29)15-11-14(25)7-9-17(15)32-23(20)24(27)30/h3-11,21,28H,1-2H3. The Labute approximate surface area is 181 Å². The number of hydrogen-bond acceptors (Lipinski definition) is 6. The number of carbonyl (C=O) groups is 1. The van der Waals surface area contributed by atoms with Crippen LogP contribution in [-0.4, -0.2) is 23.1 Å². The van der Waals surface area contributed by atoms with E-state index in [0.29, 0.717) is 17.1 Å². The van der Waals surface area contributed by atoms with Gasteiger partial charge in [-0.2, -0.15) is 0 Å². The zero-order valence-corrected chi connectivity index (χ0v) is 17.1. The van der Waals surface area contributed by atoms with Gasteiger partial charge in [0.05, 0.1) is 24.1 Å². The summed E-state index contributed by atoms with van der Waals surface area (Å²) in [6.45, 7) is 1.79. The van der Waals surface area contributed by atoms with Crippen LogP contribution >= 0.6 is 0 Å². The van der Waals surface area contributed by atoms with Crippen molar-refractivity contribution in [3.8, 4) is 11.5 Å². The molecule has 0 bridgehead atoms. The van der Waals surface area contributed by atoms with Crippen molar-refractivity contribution in [2.45, 2.75) is 13.0 Å². The second-order valence-corrected chi connectivity index (χ2v) is 7.46. The Morgan fingerprint density at radius 2 is 1.94 bits per heavy atom. The zero-order valence-electron chi connectivity index (χ0n) is 17.1. The van der Waals surface area contributed by atoms with Gasteiger partial charge < -0.3 is 14.3 Å². The van der Waals surface area contributed by atoms with E-state index >= 15 is 0 Å². The zero-order chi connectivity index (χ0) is 22.6. The Morgan fingerprint density at radius 3 is 2.69 bits per heavy atom. The molecule has 0 saturated carbocycles. The molecule has 0 spiro atoms. The molecule has 1 aliphatic rings. The number of methoxy groups -OCH3 is 1. The summed E-state index contributed by atoms with van der Waals surface area (Å²) in [4.78, 5) is 32.8. The molecule has 0 radical (unpaired) electrons. The molecular weight excluding hydrogens is 415 g/mol. The number of nitrogens with zero attached hydrogens (tertiary/aromatic N) is 2. The minimum absolute atomic E-state index is 0.0337. The van der Waals surface area contributed by atoms with Crippen molar-refractivity contribution in [1.29, 1.82) is 0 Å². The molecule has 0 aliphatic carbocycles. The van der Waals surface area contributed by atoms with Crippen molar-refractivity contribution in [2.75, 3.05) is 12.0 Å². The number of benzene rings is 2. The fraction of sp³-hybridized carbons (Fsp3) is 0.125. The first kappa shape index (κ1) is 19.7. The van der Waals surface area contributed by atoms with Crippen molar-refractivity contribution in [3.05, 3.63) is 93.2 Å². The number of aryl methyl sites for hydroxylation is 1. The lowest BCUT2D eigenvalue weighted by molar-refractivity contribution is 0.0970. The summed E-state index contributed by atoms with van der Waals surface area (Å²) in [6.07, 6.45) is 0. The van der Waals surface area contributed by atoms with Gasteiger partial charge in [0.25, 0.3) is 5.91 Å². The van der Waals surface area contributed by atoms with Gasteiger partial charge in [0.15, 0.2) is 16.9 Å². The van der Waals surface area contributed by atoms with Gasteiger partial charge in [-0.1, -0.05) is 12.1 Å². The van der Waals surface area contributed by atoms with E-state index in [2.05, 4.69) is 4.98 Å². The molecule has 32 heavy (non-hydrogen) atoms. The van der Waals surface area contributed by atoms with E-state index in [1.54, 1.807) is 37.3 Å². The quantitative estimate of drug-likeness (QED) is 0.524.